The molecule has 1 fully saturated rings. The number of benzene rings is 2. The first-order valence-electron chi connectivity index (χ1n) is 10.6. The van der Waals surface area contributed by atoms with Crippen LogP contribution in [0.1, 0.15) is 56.1 Å². The number of allylic oxidation sites excluding steroid dienone is 2. The van der Waals surface area contributed by atoms with Crippen LogP contribution in [0.5, 0.6) is 0 Å². The minimum absolute atomic E-state index is 0.203. The minimum atomic E-state index is -0.203. The normalized spacial score (nSPS) is 19.6. The van der Waals surface area contributed by atoms with Gasteiger partial charge >= 0.3 is 0 Å². The van der Waals surface area contributed by atoms with Crippen LogP contribution in [0.3, 0.4) is 0 Å². The molecule has 28 heavy (non-hydrogen) atoms. The molecule has 2 aromatic carbocycles. The average molecular weight is 376 g/mol. The third-order valence-corrected chi connectivity index (χ3v) is 5.95. The number of hydrogen-bond donors (Lipinski definition) is 0. The van der Waals surface area contributed by atoms with Crippen LogP contribution >= 0.6 is 0 Å². The van der Waals surface area contributed by atoms with E-state index in [0.717, 1.165) is 24.3 Å². The van der Waals surface area contributed by atoms with Crippen molar-refractivity contribution in [3.05, 3.63) is 71.8 Å². The van der Waals surface area contributed by atoms with Crippen LogP contribution in [-0.2, 0) is 6.42 Å². The number of rotatable bonds is 8. The summed E-state index contributed by atoms with van der Waals surface area (Å²) < 4.78 is 12.1. The van der Waals surface area contributed by atoms with Gasteiger partial charge in [-0.1, -0.05) is 48.6 Å². The smallest absolute Gasteiger partial charge is 0.0991 e. The maximum Gasteiger partial charge on any atom is 0.0991 e. The number of aryl methyl sites for hydroxylation is 1. The number of halogens is 1. The minimum Gasteiger partial charge on any atom is -0.251 e. The number of nitrogens with zero attached hydrogens (tertiary/aromatic N) is 1. The highest BCUT2D eigenvalue weighted by Crippen LogP contribution is 2.32. The van der Waals surface area contributed by atoms with E-state index in [0.29, 0.717) is 17.9 Å². The molecule has 0 saturated heterocycles. The molecule has 1 aliphatic rings. The van der Waals surface area contributed by atoms with Gasteiger partial charge in [0.25, 0.3) is 0 Å². The molecule has 0 heterocycles. The molecule has 0 amide bonds. The molecule has 2 heteroatoms. The Kier molecular flexibility index (Phi) is 7.85. The Bertz CT molecular complexity index is 775. The van der Waals surface area contributed by atoms with E-state index in [9.17, 15) is 4.39 Å². The molecule has 3 rings (SSSR count). The molecule has 0 unspecified atom stereocenters. The molecule has 0 aliphatic heterocycles. The van der Waals surface area contributed by atoms with Crippen LogP contribution in [0.2, 0.25) is 0 Å². The molecular weight excluding hydrogens is 345 g/mol. The monoisotopic (exact) mass is 375 g/mol. The van der Waals surface area contributed by atoms with Crippen molar-refractivity contribution >= 4 is 0 Å². The Labute approximate surface area is 168 Å². The fourth-order valence-corrected chi connectivity index (χ4v) is 4.12. The first-order chi connectivity index (χ1) is 13.8. The Balaban J connectivity index is 1.43. The van der Waals surface area contributed by atoms with Crippen molar-refractivity contribution in [2.24, 2.45) is 11.8 Å². The van der Waals surface area contributed by atoms with E-state index in [-0.39, 0.29) is 6.67 Å². The second-order valence-electron chi connectivity index (χ2n) is 7.96. The highest BCUT2D eigenvalue weighted by Gasteiger charge is 2.19. The number of alkyl halides is 1. The summed E-state index contributed by atoms with van der Waals surface area (Å²) in [5, 5.41) is 8.91. The quantitative estimate of drug-likeness (QED) is 0.351. The number of hydrogen-bond acceptors (Lipinski definition) is 1. The SMILES string of the molecule is N#Cc1ccc(-c2ccc(CCC3CCC(C=CCCCF)CC3)cc2)cc1. The molecule has 0 N–H and O–H groups in total. The van der Waals surface area contributed by atoms with Crippen molar-refractivity contribution in [3.8, 4) is 17.2 Å². The summed E-state index contributed by atoms with van der Waals surface area (Å²) in [6, 6.07) is 18.8. The van der Waals surface area contributed by atoms with Gasteiger partial charge in [-0.05, 0) is 92.0 Å². The van der Waals surface area contributed by atoms with Gasteiger partial charge in [0.15, 0.2) is 0 Å². The van der Waals surface area contributed by atoms with Gasteiger partial charge in [-0.3, -0.25) is 4.39 Å². The Morgan fingerprint density at radius 3 is 2.18 bits per heavy atom. The maximum absolute atomic E-state index is 12.1. The van der Waals surface area contributed by atoms with Crippen LogP contribution in [0.15, 0.2) is 60.7 Å². The topological polar surface area (TPSA) is 23.8 Å². The number of nitriles is 1. The molecule has 146 valence electrons. The fraction of sp³-hybridized carbons (Fsp3) is 0.423. The van der Waals surface area contributed by atoms with Gasteiger partial charge in [0.2, 0.25) is 0 Å². The van der Waals surface area contributed by atoms with E-state index in [1.165, 1.54) is 43.2 Å². The summed E-state index contributed by atoms with van der Waals surface area (Å²) in [5.41, 5.74) is 4.47. The summed E-state index contributed by atoms with van der Waals surface area (Å²) in [5.74, 6) is 1.55. The molecule has 2 aromatic rings. The summed E-state index contributed by atoms with van der Waals surface area (Å²) in [6.45, 7) is -0.203. The zero-order chi connectivity index (χ0) is 19.6. The van der Waals surface area contributed by atoms with Crippen LogP contribution in [0, 0.1) is 23.2 Å². The fourth-order valence-electron chi connectivity index (χ4n) is 4.12. The number of unbranched alkanes of at least 4 members (excludes halogenated alkanes) is 1. The van der Waals surface area contributed by atoms with Gasteiger partial charge in [-0.25, -0.2) is 0 Å². The van der Waals surface area contributed by atoms with Crippen LogP contribution < -0.4 is 0 Å². The maximum atomic E-state index is 12.1. The molecule has 0 atom stereocenters. The average Bonchev–Trinajstić information content (AvgIpc) is 2.76. The van der Waals surface area contributed by atoms with Crippen molar-refractivity contribution < 1.29 is 4.39 Å². The molecule has 0 bridgehead atoms. The third kappa shape index (κ3) is 6.06. The molecule has 0 aromatic heterocycles. The second kappa shape index (κ2) is 10.8. The summed E-state index contributed by atoms with van der Waals surface area (Å²) in [7, 11) is 0. The van der Waals surface area contributed by atoms with Crippen molar-refractivity contribution in [1.29, 1.82) is 5.26 Å². The van der Waals surface area contributed by atoms with Crippen LogP contribution in [-0.4, -0.2) is 6.67 Å². The molecule has 1 nitrogen and oxygen atoms in total. The van der Waals surface area contributed by atoms with E-state index in [4.69, 9.17) is 5.26 Å². The standard InChI is InChI=1S/C26H30FN/c27-19-3-1-2-4-21-5-7-22(8-6-21)9-10-23-11-15-25(16-12-23)26-17-13-24(20-28)14-18-26/h2,4,11-18,21-22H,1,3,5-10,19H2. The highest BCUT2D eigenvalue weighted by molar-refractivity contribution is 5.64. The summed E-state index contributed by atoms with van der Waals surface area (Å²) >= 11 is 0. The first kappa shape index (κ1) is 20.3. The predicted molar refractivity (Wildman–Crippen MR) is 115 cm³/mol. The lowest BCUT2D eigenvalue weighted by Crippen LogP contribution is -2.13. The lowest BCUT2D eigenvalue weighted by atomic mass is 9.79. The van der Waals surface area contributed by atoms with E-state index in [2.05, 4.69) is 42.5 Å². The Morgan fingerprint density at radius 1 is 0.929 bits per heavy atom. The molecule has 0 radical (unpaired) electrons. The molecule has 0 spiro atoms. The Hall–Kier alpha value is -2.40. The molecular formula is C26H30FN. The van der Waals surface area contributed by atoms with E-state index in [1.54, 1.807) is 0 Å². The van der Waals surface area contributed by atoms with Crippen molar-refractivity contribution in [1.82, 2.24) is 0 Å². The summed E-state index contributed by atoms with van der Waals surface area (Å²) in [4.78, 5) is 0. The molecule has 1 aliphatic carbocycles. The van der Waals surface area contributed by atoms with Crippen molar-refractivity contribution in [3.63, 3.8) is 0 Å². The van der Waals surface area contributed by atoms with E-state index in [1.807, 2.05) is 24.3 Å². The van der Waals surface area contributed by atoms with Gasteiger partial charge in [-0.2, -0.15) is 5.26 Å². The van der Waals surface area contributed by atoms with E-state index < -0.39 is 0 Å². The highest BCUT2D eigenvalue weighted by atomic mass is 19.1. The van der Waals surface area contributed by atoms with Crippen LogP contribution in [0.4, 0.5) is 4.39 Å². The van der Waals surface area contributed by atoms with E-state index >= 15 is 0 Å². The van der Waals surface area contributed by atoms with Gasteiger partial charge in [0.05, 0.1) is 18.3 Å². The zero-order valence-corrected chi connectivity index (χ0v) is 16.6. The summed E-state index contributed by atoms with van der Waals surface area (Å²) in [6.07, 6.45) is 13.7. The van der Waals surface area contributed by atoms with Crippen LogP contribution in [0.25, 0.3) is 11.1 Å². The lowest BCUT2D eigenvalue weighted by Gasteiger charge is -2.26. The first-order valence-corrected chi connectivity index (χ1v) is 10.6. The third-order valence-electron chi connectivity index (χ3n) is 5.95. The van der Waals surface area contributed by atoms with Crippen molar-refractivity contribution in [2.75, 3.05) is 6.67 Å². The van der Waals surface area contributed by atoms with Gasteiger partial charge < -0.3 is 0 Å². The van der Waals surface area contributed by atoms with Gasteiger partial charge in [-0.15, -0.1) is 0 Å². The molecule has 1 saturated carbocycles. The van der Waals surface area contributed by atoms with Gasteiger partial charge in [0.1, 0.15) is 0 Å². The largest absolute Gasteiger partial charge is 0.251 e. The predicted octanol–water partition coefficient (Wildman–Crippen LogP) is 7.27. The lowest BCUT2D eigenvalue weighted by molar-refractivity contribution is 0.296. The second-order valence-corrected chi connectivity index (χ2v) is 7.96. The Morgan fingerprint density at radius 2 is 1.57 bits per heavy atom. The van der Waals surface area contributed by atoms with Gasteiger partial charge in [0, 0.05) is 0 Å². The zero-order valence-electron chi connectivity index (χ0n) is 16.6. The van der Waals surface area contributed by atoms with Crippen molar-refractivity contribution in [2.45, 2.75) is 51.4 Å².